The molecule has 0 bridgehead atoms. The minimum absolute atomic E-state index is 0. The standard InChI is InChI=1S/2Na.H4O11S3/c;;1-9-14(8,10-12(2,3)4)11-13(5,6)7/h;;1,14H,(H,2,3,4)(H,5,6,7)/q2*+1;/p-2. The summed E-state index contributed by atoms with van der Waals surface area (Å²) in [5.74, 6) is 0. The van der Waals surface area contributed by atoms with Crippen LogP contribution in [0.2, 0.25) is 0 Å². The van der Waals surface area contributed by atoms with Gasteiger partial charge in [-0.3, -0.25) is 0 Å². The van der Waals surface area contributed by atoms with Gasteiger partial charge in [0.15, 0.2) is 0 Å². The van der Waals surface area contributed by atoms with Gasteiger partial charge in [-0.1, -0.05) is 0 Å². The van der Waals surface area contributed by atoms with Gasteiger partial charge < -0.3 is 9.11 Å². The largest absolute Gasteiger partial charge is 1.00 e. The summed E-state index contributed by atoms with van der Waals surface area (Å²) in [6, 6.07) is 0. The Morgan fingerprint density at radius 1 is 0.938 bits per heavy atom. The van der Waals surface area contributed by atoms with E-state index in [0.29, 0.717) is 0 Å². The Morgan fingerprint density at radius 2 is 1.19 bits per heavy atom. The monoisotopic (exact) mass is 320 g/mol. The van der Waals surface area contributed by atoms with Crippen molar-refractivity contribution in [3.8, 4) is 0 Å². The van der Waals surface area contributed by atoms with Crippen molar-refractivity contribution >= 4 is 31.6 Å². The summed E-state index contributed by atoms with van der Waals surface area (Å²) >= 11 is 0. The summed E-state index contributed by atoms with van der Waals surface area (Å²) < 4.78 is 77.5. The summed E-state index contributed by atoms with van der Waals surface area (Å²) in [5, 5.41) is 7.69. The van der Waals surface area contributed by atoms with Crippen LogP contribution in [-0.4, -0.2) is 35.4 Å². The van der Waals surface area contributed by atoms with E-state index >= 15 is 0 Å². The number of hydrogen-bond donors (Lipinski definition) is 2. The van der Waals surface area contributed by atoms with E-state index < -0.39 is 31.6 Å². The minimum Gasteiger partial charge on any atom is -0.725 e. The molecular weight excluding hydrogens is 318 g/mol. The second kappa shape index (κ2) is 8.08. The molecule has 1 N–H and O–H groups in total. The molecule has 11 nitrogen and oxygen atoms in total. The van der Waals surface area contributed by atoms with E-state index in [1.165, 1.54) is 0 Å². The van der Waals surface area contributed by atoms with Crippen LogP contribution in [0.4, 0.5) is 0 Å². The van der Waals surface area contributed by atoms with Gasteiger partial charge in [0.1, 0.15) is 0 Å². The Morgan fingerprint density at radius 3 is 1.31 bits per heavy atom. The van der Waals surface area contributed by atoms with Gasteiger partial charge in [-0.05, 0) is 0 Å². The summed E-state index contributed by atoms with van der Waals surface area (Å²) in [4.78, 5) is 0. The van der Waals surface area contributed by atoms with Crippen LogP contribution in [0.1, 0.15) is 0 Å². The third-order valence-electron chi connectivity index (χ3n) is 0.465. The number of rotatable bonds is 5. The third kappa shape index (κ3) is 12.3. The third-order valence-corrected chi connectivity index (χ3v) is 3.59. The van der Waals surface area contributed by atoms with Crippen LogP contribution < -0.4 is 59.1 Å². The molecule has 16 heavy (non-hydrogen) atoms. The van der Waals surface area contributed by atoms with Gasteiger partial charge in [-0.25, -0.2) is 26.3 Å². The zero-order chi connectivity index (χ0) is 11.6. The molecule has 0 saturated heterocycles. The van der Waals surface area contributed by atoms with Gasteiger partial charge in [0, 0.05) is 0 Å². The number of thiol groups is 1. The predicted molar refractivity (Wildman–Crippen MR) is 34.8 cm³/mol. The molecule has 0 fully saturated rings. The molecule has 0 aromatic carbocycles. The SMILES string of the molecule is O=S(=O)([O-])O[SH](=O)(OO)OS(=O)(=O)[O-].[Na+].[Na+]. The van der Waals surface area contributed by atoms with Gasteiger partial charge in [0.2, 0.25) is 31.6 Å². The van der Waals surface area contributed by atoms with Crippen LogP contribution in [0.3, 0.4) is 0 Å². The van der Waals surface area contributed by atoms with Crippen molar-refractivity contribution in [2.24, 2.45) is 0 Å². The van der Waals surface area contributed by atoms with E-state index in [9.17, 15) is 30.1 Å². The molecular formula is H2Na2O11S3. The Hall–Kier alpha value is 1.81. The smallest absolute Gasteiger partial charge is 0.725 e. The minimum atomic E-state index is -5.69. The Labute approximate surface area is 136 Å². The zero-order valence-corrected chi connectivity index (χ0v) is 14.3. The fourth-order valence-electron chi connectivity index (χ4n) is 0.263. The van der Waals surface area contributed by atoms with Gasteiger partial charge in [0.25, 0.3) is 0 Å². The summed E-state index contributed by atoms with van der Waals surface area (Å²) in [6.07, 6.45) is 0. The van der Waals surface area contributed by atoms with Crippen molar-refractivity contribution in [1.82, 2.24) is 0 Å². The average Bonchev–Trinajstić information content (AvgIpc) is 1.78. The average molecular weight is 320 g/mol. The van der Waals surface area contributed by atoms with Crippen LogP contribution in [0, 0.1) is 0 Å². The van der Waals surface area contributed by atoms with Crippen molar-refractivity contribution in [3.05, 3.63) is 0 Å². The second-order valence-electron chi connectivity index (χ2n) is 1.49. The molecule has 0 aliphatic carbocycles. The van der Waals surface area contributed by atoms with Crippen LogP contribution in [0.5, 0.6) is 0 Å². The molecule has 0 aromatic heterocycles. The molecule has 0 amide bonds. The molecule has 0 atom stereocenters. The van der Waals surface area contributed by atoms with E-state index in [4.69, 9.17) is 5.26 Å². The fraction of sp³-hybridized carbons (Fsp3) is 0. The quantitative estimate of drug-likeness (QED) is 0.123. The second-order valence-corrected chi connectivity index (χ2v) is 5.38. The van der Waals surface area contributed by atoms with Crippen molar-refractivity contribution in [2.75, 3.05) is 0 Å². The fourth-order valence-corrected chi connectivity index (χ4v) is 2.59. The maximum atomic E-state index is 10.5. The first-order valence-corrected chi connectivity index (χ1v) is 6.37. The first-order chi connectivity index (χ1) is 5.97. The first kappa shape index (κ1) is 22.9. The molecule has 0 aliphatic rings. The summed E-state index contributed by atoms with van der Waals surface area (Å²) in [7, 11) is -17.1. The molecule has 0 unspecified atom stereocenters. The normalized spacial score (nSPS) is 13.4. The van der Waals surface area contributed by atoms with Crippen LogP contribution in [-0.2, 0) is 43.2 Å². The zero-order valence-electron chi connectivity index (χ0n) is 7.79. The summed E-state index contributed by atoms with van der Waals surface area (Å²) in [5.41, 5.74) is 0. The predicted octanol–water partition coefficient (Wildman–Crippen LogP) is -8.80. The molecule has 0 rings (SSSR count). The molecule has 16 heteroatoms. The van der Waals surface area contributed by atoms with Gasteiger partial charge in [0.05, 0.1) is 0 Å². The van der Waals surface area contributed by atoms with Crippen molar-refractivity contribution < 1.29 is 106 Å². The summed E-state index contributed by atoms with van der Waals surface area (Å²) in [6.45, 7) is 0. The Kier molecular flexibility index (Phi) is 11.6. The molecule has 0 heterocycles. The van der Waals surface area contributed by atoms with E-state index in [2.05, 4.69) is 11.6 Å². The Balaban J connectivity index is -0.000000845. The van der Waals surface area contributed by atoms with E-state index in [1.807, 2.05) is 0 Å². The van der Waals surface area contributed by atoms with Gasteiger partial charge in [-0.15, -0.1) is 4.33 Å². The van der Waals surface area contributed by atoms with Gasteiger partial charge >= 0.3 is 59.1 Å². The molecule has 0 spiro atoms. The topological polar surface area (TPSA) is 179 Å². The number of hydrogen-bond acceptors (Lipinski definition) is 11. The van der Waals surface area contributed by atoms with E-state index in [0.717, 1.165) is 0 Å². The molecule has 0 radical (unpaired) electrons. The van der Waals surface area contributed by atoms with Gasteiger partial charge in [-0.2, -0.15) is 7.26 Å². The van der Waals surface area contributed by atoms with Crippen molar-refractivity contribution in [1.29, 1.82) is 0 Å². The molecule has 0 aliphatic heterocycles. The Bertz CT molecular complexity index is 390. The first-order valence-electron chi connectivity index (χ1n) is 2.25. The molecule has 88 valence electrons. The van der Waals surface area contributed by atoms with Crippen molar-refractivity contribution in [3.63, 3.8) is 0 Å². The van der Waals surface area contributed by atoms with Crippen LogP contribution >= 0.6 is 0 Å². The van der Waals surface area contributed by atoms with Crippen molar-refractivity contribution in [2.45, 2.75) is 0 Å². The molecule has 0 aromatic rings. The van der Waals surface area contributed by atoms with E-state index in [1.54, 1.807) is 0 Å². The maximum Gasteiger partial charge on any atom is 1.00 e. The van der Waals surface area contributed by atoms with Crippen LogP contribution in [0.15, 0.2) is 0 Å². The molecule has 0 saturated carbocycles. The van der Waals surface area contributed by atoms with Crippen LogP contribution in [0.25, 0.3) is 0 Å². The maximum absolute atomic E-state index is 10.5. The van der Waals surface area contributed by atoms with E-state index in [-0.39, 0.29) is 59.1 Å².